The Morgan fingerprint density at radius 1 is 1.00 bits per heavy atom. The fourth-order valence-electron chi connectivity index (χ4n) is 2.22. The lowest BCUT2D eigenvalue weighted by atomic mass is 10.1. The van der Waals surface area contributed by atoms with Crippen molar-refractivity contribution in [3.05, 3.63) is 42.5 Å². The van der Waals surface area contributed by atoms with E-state index in [4.69, 9.17) is 0 Å². The van der Waals surface area contributed by atoms with E-state index in [-0.39, 0.29) is 5.75 Å². The molecular formula is C16H22N2O2S. The van der Waals surface area contributed by atoms with E-state index >= 15 is 0 Å². The van der Waals surface area contributed by atoms with Gasteiger partial charge in [-0.3, -0.25) is 4.72 Å². The first-order valence-corrected chi connectivity index (χ1v) is 8.96. The molecule has 2 N–H and O–H groups in total. The second-order valence-electron chi connectivity index (χ2n) is 5.05. The fraction of sp³-hybridized carbons (Fsp3) is 0.375. The molecule has 5 heteroatoms. The van der Waals surface area contributed by atoms with Crippen LogP contribution in [0.5, 0.6) is 0 Å². The van der Waals surface area contributed by atoms with Gasteiger partial charge in [-0.1, -0.05) is 43.3 Å². The second-order valence-corrected chi connectivity index (χ2v) is 6.89. The molecular weight excluding hydrogens is 284 g/mol. The van der Waals surface area contributed by atoms with E-state index in [1.807, 2.05) is 36.4 Å². The van der Waals surface area contributed by atoms with Gasteiger partial charge in [0.1, 0.15) is 0 Å². The number of fused-ring (bicyclic) bond motifs is 1. The van der Waals surface area contributed by atoms with Crippen LogP contribution in [-0.2, 0) is 10.0 Å². The van der Waals surface area contributed by atoms with Crippen LogP contribution in [-0.4, -0.2) is 27.3 Å². The van der Waals surface area contributed by atoms with Gasteiger partial charge >= 0.3 is 0 Å². The van der Waals surface area contributed by atoms with Crippen LogP contribution in [0.15, 0.2) is 42.5 Å². The molecule has 0 heterocycles. The summed E-state index contributed by atoms with van der Waals surface area (Å²) in [6, 6.07) is 13.4. The van der Waals surface area contributed by atoms with Gasteiger partial charge in [-0.2, -0.15) is 0 Å². The van der Waals surface area contributed by atoms with Crippen molar-refractivity contribution in [2.24, 2.45) is 0 Å². The highest BCUT2D eigenvalue weighted by Crippen LogP contribution is 2.23. The van der Waals surface area contributed by atoms with Crippen molar-refractivity contribution in [1.82, 2.24) is 5.32 Å². The number of rotatable bonds is 8. The Balaban J connectivity index is 2.02. The third-order valence-corrected chi connectivity index (χ3v) is 4.61. The van der Waals surface area contributed by atoms with E-state index in [0.717, 1.165) is 30.3 Å². The minimum absolute atomic E-state index is 0.132. The molecule has 21 heavy (non-hydrogen) atoms. The van der Waals surface area contributed by atoms with Crippen molar-refractivity contribution in [1.29, 1.82) is 0 Å². The van der Waals surface area contributed by atoms with Crippen molar-refractivity contribution < 1.29 is 8.42 Å². The molecule has 0 aliphatic heterocycles. The minimum Gasteiger partial charge on any atom is -0.317 e. The molecule has 0 fully saturated rings. The SMILES string of the molecule is CCCNCCCS(=O)(=O)Nc1cccc2ccccc12. The number of hydrogen-bond donors (Lipinski definition) is 2. The highest BCUT2D eigenvalue weighted by Gasteiger charge is 2.11. The van der Waals surface area contributed by atoms with E-state index in [1.165, 1.54) is 0 Å². The summed E-state index contributed by atoms with van der Waals surface area (Å²) >= 11 is 0. The lowest BCUT2D eigenvalue weighted by molar-refractivity contribution is 0.593. The van der Waals surface area contributed by atoms with Gasteiger partial charge < -0.3 is 5.32 Å². The molecule has 0 radical (unpaired) electrons. The maximum absolute atomic E-state index is 12.1. The minimum atomic E-state index is -3.30. The topological polar surface area (TPSA) is 58.2 Å². The Kier molecular flexibility index (Phi) is 5.59. The summed E-state index contributed by atoms with van der Waals surface area (Å²) in [4.78, 5) is 0. The monoisotopic (exact) mass is 306 g/mol. The van der Waals surface area contributed by atoms with Crippen LogP contribution < -0.4 is 10.0 Å². The maximum atomic E-state index is 12.1. The summed E-state index contributed by atoms with van der Waals surface area (Å²) in [5, 5.41) is 5.16. The zero-order valence-electron chi connectivity index (χ0n) is 12.3. The number of sulfonamides is 1. The summed E-state index contributed by atoms with van der Waals surface area (Å²) in [5.41, 5.74) is 0.648. The predicted molar refractivity (Wildman–Crippen MR) is 89.1 cm³/mol. The van der Waals surface area contributed by atoms with E-state index < -0.39 is 10.0 Å². The number of nitrogens with one attached hydrogen (secondary N) is 2. The van der Waals surface area contributed by atoms with Crippen molar-refractivity contribution in [2.75, 3.05) is 23.6 Å². The molecule has 0 amide bonds. The van der Waals surface area contributed by atoms with E-state index in [1.54, 1.807) is 6.07 Å². The van der Waals surface area contributed by atoms with Crippen molar-refractivity contribution in [3.63, 3.8) is 0 Å². The number of hydrogen-bond acceptors (Lipinski definition) is 3. The summed E-state index contributed by atoms with van der Waals surface area (Å²) in [7, 11) is -3.30. The second kappa shape index (κ2) is 7.43. The molecule has 0 unspecified atom stereocenters. The first-order valence-electron chi connectivity index (χ1n) is 7.31. The predicted octanol–water partition coefficient (Wildman–Crippen LogP) is 2.97. The first-order chi connectivity index (χ1) is 10.1. The van der Waals surface area contributed by atoms with Gasteiger partial charge in [-0.15, -0.1) is 0 Å². The Labute approximate surface area is 126 Å². The van der Waals surface area contributed by atoms with Gasteiger partial charge in [0.15, 0.2) is 0 Å². The van der Waals surface area contributed by atoms with E-state index in [0.29, 0.717) is 12.1 Å². The molecule has 2 aromatic carbocycles. The normalized spacial score (nSPS) is 11.7. The van der Waals surface area contributed by atoms with Crippen LogP contribution in [0, 0.1) is 0 Å². The third-order valence-electron chi connectivity index (χ3n) is 3.25. The van der Waals surface area contributed by atoms with Gasteiger partial charge in [0.05, 0.1) is 11.4 Å². The highest BCUT2D eigenvalue weighted by molar-refractivity contribution is 7.92. The van der Waals surface area contributed by atoms with Crippen LogP contribution in [0.25, 0.3) is 10.8 Å². The molecule has 114 valence electrons. The lowest BCUT2D eigenvalue weighted by Crippen LogP contribution is -2.22. The Morgan fingerprint density at radius 3 is 2.57 bits per heavy atom. The lowest BCUT2D eigenvalue weighted by Gasteiger charge is -2.11. The maximum Gasteiger partial charge on any atom is 0.232 e. The Bertz CT molecular complexity index is 678. The average molecular weight is 306 g/mol. The summed E-state index contributed by atoms with van der Waals surface area (Å²) in [5.74, 6) is 0.132. The van der Waals surface area contributed by atoms with Gasteiger partial charge in [0.2, 0.25) is 10.0 Å². The molecule has 0 aliphatic rings. The molecule has 0 saturated carbocycles. The van der Waals surface area contributed by atoms with Crippen LogP contribution in [0.4, 0.5) is 5.69 Å². The van der Waals surface area contributed by atoms with Gasteiger partial charge in [0.25, 0.3) is 0 Å². The number of anilines is 1. The van der Waals surface area contributed by atoms with Gasteiger partial charge in [-0.05, 0) is 37.4 Å². The molecule has 2 aromatic rings. The molecule has 0 spiro atoms. The molecule has 0 aromatic heterocycles. The van der Waals surface area contributed by atoms with E-state index in [9.17, 15) is 8.42 Å². The summed E-state index contributed by atoms with van der Waals surface area (Å²) in [6.45, 7) is 3.74. The number of benzene rings is 2. The zero-order valence-corrected chi connectivity index (χ0v) is 13.1. The van der Waals surface area contributed by atoms with Crippen molar-refractivity contribution in [2.45, 2.75) is 19.8 Å². The highest BCUT2D eigenvalue weighted by atomic mass is 32.2. The molecule has 0 saturated heterocycles. The molecule has 0 aliphatic carbocycles. The van der Waals surface area contributed by atoms with Crippen LogP contribution in [0.3, 0.4) is 0 Å². The molecule has 0 atom stereocenters. The van der Waals surface area contributed by atoms with Crippen LogP contribution in [0.1, 0.15) is 19.8 Å². The van der Waals surface area contributed by atoms with Gasteiger partial charge in [-0.25, -0.2) is 8.42 Å². The molecule has 4 nitrogen and oxygen atoms in total. The first kappa shape index (κ1) is 15.8. The standard InChI is InChI=1S/C16H22N2O2S/c1-2-11-17-12-6-13-21(19,20)18-16-10-5-8-14-7-3-4-9-15(14)16/h3-5,7-10,17-18H,2,6,11-13H2,1H3. The van der Waals surface area contributed by atoms with E-state index in [2.05, 4.69) is 17.0 Å². The Morgan fingerprint density at radius 2 is 1.76 bits per heavy atom. The van der Waals surface area contributed by atoms with Crippen molar-refractivity contribution >= 4 is 26.5 Å². The quantitative estimate of drug-likeness (QED) is 0.737. The zero-order chi connectivity index (χ0) is 15.1. The van der Waals surface area contributed by atoms with Crippen LogP contribution in [0.2, 0.25) is 0 Å². The van der Waals surface area contributed by atoms with Crippen molar-refractivity contribution in [3.8, 4) is 0 Å². The molecule has 2 rings (SSSR count). The Hall–Kier alpha value is -1.59. The fourth-order valence-corrected chi connectivity index (χ4v) is 3.36. The largest absolute Gasteiger partial charge is 0.317 e. The smallest absolute Gasteiger partial charge is 0.232 e. The molecule has 0 bridgehead atoms. The van der Waals surface area contributed by atoms with Gasteiger partial charge in [0, 0.05) is 5.39 Å². The summed E-state index contributed by atoms with van der Waals surface area (Å²) < 4.78 is 27.0. The summed E-state index contributed by atoms with van der Waals surface area (Å²) in [6.07, 6.45) is 1.67. The van der Waals surface area contributed by atoms with Crippen LogP contribution >= 0.6 is 0 Å². The third kappa shape index (κ3) is 4.72. The average Bonchev–Trinajstić information content (AvgIpc) is 2.47.